The molecule has 0 fully saturated rings. The van der Waals surface area contributed by atoms with Gasteiger partial charge in [0.05, 0.1) is 16.9 Å². The molecule has 51 heavy (non-hydrogen) atoms. The molecule has 6 aromatic carbocycles. The van der Waals surface area contributed by atoms with E-state index in [4.69, 9.17) is 11.5 Å². The van der Waals surface area contributed by atoms with Gasteiger partial charge in [-0.15, -0.1) is 10.2 Å². The number of fused-ring (bicyclic) bond motifs is 5. The normalized spacial score (nSPS) is 12.7. The molecular weight excluding hydrogens is 703 g/mol. The number of aromatic nitrogens is 1. The molecule has 256 valence electrons. The van der Waals surface area contributed by atoms with Crippen LogP contribution < -0.4 is 17.0 Å². The minimum absolute atomic E-state index is 0.114. The third-order valence-electron chi connectivity index (χ3n) is 8.03. The van der Waals surface area contributed by atoms with Gasteiger partial charge in [-0.2, -0.15) is 27.1 Å². The van der Waals surface area contributed by atoms with Crippen LogP contribution in [0, 0.1) is 0 Å². The van der Waals surface area contributed by atoms with Crippen LogP contribution >= 0.6 is 0 Å². The van der Waals surface area contributed by atoms with Crippen molar-refractivity contribution in [3.8, 4) is 11.5 Å². The van der Waals surface area contributed by atoms with E-state index in [9.17, 15) is 40.9 Å². The molecule has 0 aliphatic carbocycles. The number of nitrogens with one attached hydrogen (secondary N) is 1. The highest BCUT2D eigenvalue weighted by Crippen LogP contribution is 2.43. The minimum atomic E-state index is -4.85. The topological polar surface area (TPSA) is 284 Å². The zero-order valence-electron chi connectivity index (χ0n) is 25.7. The predicted molar refractivity (Wildman–Crippen MR) is 190 cm³/mol. The van der Waals surface area contributed by atoms with Crippen LogP contribution in [0.1, 0.15) is 0 Å². The molecule has 0 saturated carbocycles. The summed E-state index contributed by atoms with van der Waals surface area (Å²) in [6.45, 7) is 0. The first-order valence-corrected chi connectivity index (χ1v) is 17.5. The third kappa shape index (κ3) is 6.04. The summed E-state index contributed by atoms with van der Waals surface area (Å²) < 4.78 is 68.3. The van der Waals surface area contributed by atoms with Gasteiger partial charge < -0.3 is 26.7 Å². The Labute approximate surface area is 286 Å². The maximum absolute atomic E-state index is 13.2. The van der Waals surface area contributed by atoms with E-state index in [-0.39, 0.29) is 38.3 Å². The average molecular weight is 726 g/mol. The highest BCUT2D eigenvalue weighted by molar-refractivity contribution is 7.86. The van der Waals surface area contributed by atoms with Crippen LogP contribution in [0.25, 0.3) is 43.2 Å². The SMILES string of the molecule is Nc1ccc2c(O)c(N=Nc3ccc4c(c3)[nH]c(=O)c3cc(N=Nc5c(S(=O)(=O)O)cc6cc(N)ccc6c5O)ccc34)c(S(=O)(=O)O)cc2c1. The number of hydrogen-bond acceptors (Lipinski definition) is 13. The summed E-state index contributed by atoms with van der Waals surface area (Å²) >= 11 is 0. The van der Waals surface area contributed by atoms with Crippen molar-refractivity contribution in [3.05, 3.63) is 95.3 Å². The predicted octanol–water partition coefficient (Wildman–Crippen LogP) is 6.89. The smallest absolute Gasteiger partial charge is 0.296 e. The molecule has 0 aliphatic heterocycles. The first-order chi connectivity index (χ1) is 24.1. The van der Waals surface area contributed by atoms with E-state index in [1.54, 1.807) is 12.1 Å². The minimum Gasteiger partial charge on any atom is -0.505 e. The Balaban J connectivity index is 1.27. The number of pyridine rings is 1. The summed E-state index contributed by atoms with van der Waals surface area (Å²) in [4.78, 5) is 14.5. The van der Waals surface area contributed by atoms with Gasteiger partial charge in [-0.3, -0.25) is 13.9 Å². The largest absolute Gasteiger partial charge is 0.505 e. The number of hydrogen-bond donors (Lipinski definition) is 7. The lowest BCUT2D eigenvalue weighted by molar-refractivity contribution is 0.471. The molecule has 0 aliphatic rings. The maximum Gasteiger partial charge on any atom is 0.296 e. The number of nitrogens with two attached hydrogens (primary N) is 2. The van der Waals surface area contributed by atoms with E-state index in [0.29, 0.717) is 27.7 Å². The van der Waals surface area contributed by atoms with Gasteiger partial charge in [-0.25, -0.2) is 0 Å². The van der Waals surface area contributed by atoms with Gasteiger partial charge in [-0.1, -0.05) is 12.1 Å². The number of rotatable bonds is 6. The van der Waals surface area contributed by atoms with Crippen LogP contribution in [-0.2, 0) is 20.2 Å². The third-order valence-corrected chi connectivity index (χ3v) is 9.76. The van der Waals surface area contributed by atoms with Gasteiger partial charge in [0.15, 0.2) is 11.5 Å². The van der Waals surface area contributed by atoms with E-state index in [0.717, 1.165) is 12.1 Å². The first-order valence-electron chi connectivity index (χ1n) is 14.6. The quantitative estimate of drug-likeness (QED) is 0.0401. The number of aromatic amines is 1. The number of H-pyrrole nitrogens is 1. The number of nitrogen functional groups attached to an aromatic ring is 2. The van der Waals surface area contributed by atoms with E-state index in [2.05, 4.69) is 25.4 Å². The summed E-state index contributed by atoms with van der Waals surface area (Å²) in [7, 11) is -9.70. The van der Waals surface area contributed by atoms with Crippen molar-refractivity contribution < 1.29 is 36.2 Å². The van der Waals surface area contributed by atoms with Gasteiger partial charge in [-0.05, 0) is 89.0 Å². The van der Waals surface area contributed by atoms with E-state index < -0.39 is 58.5 Å². The van der Waals surface area contributed by atoms with Crippen LogP contribution in [0.15, 0.2) is 120 Å². The molecule has 0 unspecified atom stereocenters. The standard InChI is InChI=1S/C33H23N7O9S2/c34-17-1-5-21-15(9-17)11-27(50(44,45)46)29(31(21)41)39-37-19-3-7-23-24-8-4-20(14-26(24)36-33(43)25(23)13-19)38-40-30-28(51(47,48)49)12-16-10-18(35)2-6-22(16)32(30)42/h1-14,41-42H,34-35H2,(H,36,43)(H,44,45,46)(H,47,48,49). The van der Waals surface area contributed by atoms with Crippen molar-refractivity contribution in [1.82, 2.24) is 4.98 Å². The molecule has 1 aromatic heterocycles. The molecule has 0 amide bonds. The lowest BCUT2D eigenvalue weighted by atomic mass is 10.1. The molecule has 16 nitrogen and oxygen atoms in total. The van der Waals surface area contributed by atoms with Crippen molar-refractivity contribution in [2.45, 2.75) is 9.79 Å². The first kappa shape index (κ1) is 33.0. The van der Waals surface area contributed by atoms with Crippen LogP contribution in [0.4, 0.5) is 34.1 Å². The number of phenols is 2. The number of aromatic hydroxyl groups is 2. The van der Waals surface area contributed by atoms with Crippen molar-refractivity contribution in [1.29, 1.82) is 0 Å². The number of benzene rings is 6. The average Bonchev–Trinajstić information content (AvgIpc) is 3.06. The highest BCUT2D eigenvalue weighted by Gasteiger charge is 2.23. The Kier molecular flexibility index (Phi) is 7.68. The molecule has 9 N–H and O–H groups in total. The summed E-state index contributed by atoms with van der Waals surface area (Å²) in [6, 6.07) is 20.1. The Morgan fingerprint density at radius 1 is 0.529 bits per heavy atom. The fourth-order valence-electron chi connectivity index (χ4n) is 5.68. The van der Waals surface area contributed by atoms with Crippen molar-refractivity contribution in [3.63, 3.8) is 0 Å². The molecule has 0 saturated heterocycles. The van der Waals surface area contributed by atoms with Crippen LogP contribution in [0.5, 0.6) is 11.5 Å². The molecule has 0 atom stereocenters. The van der Waals surface area contributed by atoms with Gasteiger partial charge in [0.25, 0.3) is 25.8 Å². The summed E-state index contributed by atoms with van der Waals surface area (Å²) in [5.41, 5.74) is 11.2. The van der Waals surface area contributed by atoms with E-state index in [1.807, 2.05) is 0 Å². The lowest BCUT2D eigenvalue weighted by Gasteiger charge is -2.09. The van der Waals surface area contributed by atoms with Gasteiger partial charge in [0.1, 0.15) is 21.2 Å². The fraction of sp³-hybridized carbons (Fsp3) is 0. The van der Waals surface area contributed by atoms with E-state index in [1.165, 1.54) is 60.7 Å². The molecule has 18 heteroatoms. The second kappa shape index (κ2) is 11.8. The zero-order chi connectivity index (χ0) is 36.4. The zero-order valence-corrected chi connectivity index (χ0v) is 27.3. The van der Waals surface area contributed by atoms with Crippen molar-refractivity contribution >= 4 is 97.6 Å². The Morgan fingerprint density at radius 2 is 0.980 bits per heavy atom. The second-order valence-electron chi connectivity index (χ2n) is 11.4. The molecule has 1 heterocycles. The van der Waals surface area contributed by atoms with Crippen molar-refractivity contribution in [2.24, 2.45) is 20.5 Å². The summed E-state index contributed by atoms with van der Waals surface area (Å²) in [5, 5.41) is 39.8. The Morgan fingerprint density at radius 3 is 1.47 bits per heavy atom. The number of nitrogens with zero attached hydrogens (tertiary/aromatic N) is 4. The fourth-order valence-corrected chi connectivity index (χ4v) is 7.00. The van der Waals surface area contributed by atoms with Gasteiger partial charge >= 0.3 is 0 Å². The maximum atomic E-state index is 13.2. The number of azo groups is 2. The number of phenolic OH excluding ortho intramolecular Hbond substituents is 2. The van der Waals surface area contributed by atoms with E-state index >= 15 is 0 Å². The van der Waals surface area contributed by atoms with Crippen LogP contribution in [-0.4, -0.2) is 41.1 Å². The van der Waals surface area contributed by atoms with Gasteiger partial charge in [0, 0.05) is 32.9 Å². The summed E-state index contributed by atoms with van der Waals surface area (Å²) in [6.07, 6.45) is 0. The Hall–Kier alpha value is -6.47. The number of anilines is 2. The molecule has 7 aromatic rings. The van der Waals surface area contributed by atoms with Gasteiger partial charge in [0.2, 0.25) is 0 Å². The molecule has 0 radical (unpaired) electrons. The monoisotopic (exact) mass is 725 g/mol. The summed E-state index contributed by atoms with van der Waals surface area (Å²) in [5.74, 6) is -1.11. The van der Waals surface area contributed by atoms with Crippen LogP contribution in [0.2, 0.25) is 0 Å². The highest BCUT2D eigenvalue weighted by atomic mass is 32.2. The molecule has 0 spiro atoms. The molecule has 0 bridgehead atoms. The molecule has 7 rings (SSSR count). The second-order valence-corrected chi connectivity index (χ2v) is 14.1. The molecular formula is C33H23N7O9S2. The Bertz CT molecular complexity index is 3000. The lowest BCUT2D eigenvalue weighted by Crippen LogP contribution is -2.06. The van der Waals surface area contributed by atoms with Crippen LogP contribution in [0.3, 0.4) is 0 Å². The van der Waals surface area contributed by atoms with Crippen molar-refractivity contribution in [2.75, 3.05) is 11.5 Å².